The maximum atomic E-state index is 12.4. The zero-order chi connectivity index (χ0) is 14.8. The minimum absolute atomic E-state index is 0.409. The Hall–Kier alpha value is -2.35. The Morgan fingerprint density at radius 1 is 1.05 bits per heavy atom. The molecular weight excluding hydrogens is 271 g/mol. The van der Waals surface area contributed by atoms with Crippen molar-refractivity contribution in [2.45, 2.75) is 13.1 Å². The predicted octanol–water partition coefficient (Wildman–Crippen LogP) is 2.83. The number of aryl methyl sites for hydroxylation is 1. The van der Waals surface area contributed by atoms with Gasteiger partial charge in [-0.1, -0.05) is 0 Å². The highest BCUT2D eigenvalue weighted by molar-refractivity contribution is 5.59. The van der Waals surface area contributed by atoms with Crippen molar-refractivity contribution in [2.24, 2.45) is 5.84 Å². The van der Waals surface area contributed by atoms with E-state index < -0.39 is 11.7 Å². The van der Waals surface area contributed by atoms with Crippen LogP contribution in [0.25, 0.3) is 0 Å². The van der Waals surface area contributed by atoms with E-state index in [9.17, 15) is 13.2 Å². The van der Waals surface area contributed by atoms with Gasteiger partial charge >= 0.3 is 6.18 Å². The smallest absolute Gasteiger partial charge is 0.340 e. The second-order valence-electron chi connectivity index (χ2n) is 4.03. The van der Waals surface area contributed by atoms with Gasteiger partial charge in [-0.25, -0.2) is 15.8 Å². The second kappa shape index (κ2) is 5.33. The highest BCUT2D eigenvalue weighted by atomic mass is 19.4. The molecule has 2 aromatic rings. The van der Waals surface area contributed by atoms with Crippen LogP contribution in [0, 0.1) is 6.92 Å². The number of hydrogen-bond acceptors (Lipinski definition) is 5. The Bertz CT molecular complexity index is 595. The molecule has 1 aromatic heterocycles. The molecule has 2 rings (SSSR count). The summed E-state index contributed by atoms with van der Waals surface area (Å²) in [6, 6.07) is 6.20. The van der Waals surface area contributed by atoms with Crippen molar-refractivity contribution in [3.8, 4) is 0 Å². The van der Waals surface area contributed by atoms with Gasteiger partial charge in [-0.2, -0.15) is 13.2 Å². The Labute approximate surface area is 113 Å². The third-order valence-corrected chi connectivity index (χ3v) is 2.47. The fourth-order valence-electron chi connectivity index (χ4n) is 1.60. The van der Waals surface area contributed by atoms with Gasteiger partial charge in [-0.3, -0.25) is 0 Å². The molecule has 1 heterocycles. The molecule has 0 atom stereocenters. The molecule has 1 aromatic carbocycles. The largest absolute Gasteiger partial charge is 0.416 e. The monoisotopic (exact) mass is 283 g/mol. The number of nitrogen functional groups attached to an aromatic ring is 1. The minimum atomic E-state index is -4.35. The zero-order valence-electron chi connectivity index (χ0n) is 10.5. The standard InChI is InChI=1S/C12H12F3N5/c1-7-17-10(6-11(18-7)20-16)19-9-4-2-8(3-5-9)12(13,14)15/h2-6H,16H2,1H3,(H2,17,18,19,20). The van der Waals surface area contributed by atoms with Crippen molar-refractivity contribution in [2.75, 3.05) is 10.7 Å². The number of hydrogen-bond donors (Lipinski definition) is 3. The number of aromatic nitrogens is 2. The van der Waals surface area contributed by atoms with E-state index in [0.717, 1.165) is 12.1 Å². The molecule has 106 valence electrons. The molecule has 0 amide bonds. The van der Waals surface area contributed by atoms with Gasteiger partial charge in [-0.15, -0.1) is 0 Å². The molecule has 0 aliphatic rings. The summed E-state index contributed by atoms with van der Waals surface area (Å²) in [5.41, 5.74) is 2.17. The van der Waals surface area contributed by atoms with E-state index in [4.69, 9.17) is 5.84 Å². The SMILES string of the molecule is Cc1nc(NN)cc(Nc2ccc(C(F)(F)F)cc2)n1. The fraction of sp³-hybridized carbons (Fsp3) is 0.167. The highest BCUT2D eigenvalue weighted by Gasteiger charge is 2.29. The maximum Gasteiger partial charge on any atom is 0.416 e. The maximum absolute atomic E-state index is 12.4. The number of benzene rings is 1. The molecule has 0 radical (unpaired) electrons. The van der Waals surface area contributed by atoms with Crippen LogP contribution >= 0.6 is 0 Å². The molecule has 5 nitrogen and oxygen atoms in total. The summed E-state index contributed by atoms with van der Waals surface area (Å²) in [5.74, 6) is 6.58. The van der Waals surface area contributed by atoms with Crippen LogP contribution in [0.2, 0.25) is 0 Å². The first-order valence-electron chi connectivity index (χ1n) is 5.65. The Morgan fingerprint density at radius 3 is 2.20 bits per heavy atom. The molecule has 0 saturated carbocycles. The average Bonchev–Trinajstić information content (AvgIpc) is 2.37. The van der Waals surface area contributed by atoms with Crippen molar-refractivity contribution in [3.05, 3.63) is 41.7 Å². The second-order valence-corrected chi connectivity index (χ2v) is 4.03. The molecular formula is C12H12F3N5. The van der Waals surface area contributed by atoms with Crippen molar-refractivity contribution in [1.82, 2.24) is 9.97 Å². The van der Waals surface area contributed by atoms with Gasteiger partial charge < -0.3 is 10.7 Å². The predicted molar refractivity (Wildman–Crippen MR) is 69.3 cm³/mol. The normalized spacial score (nSPS) is 11.2. The molecule has 0 aliphatic heterocycles. The summed E-state index contributed by atoms with van der Waals surface area (Å²) in [6.07, 6.45) is -4.35. The Morgan fingerprint density at radius 2 is 1.65 bits per heavy atom. The van der Waals surface area contributed by atoms with Crippen LogP contribution in [0.4, 0.5) is 30.5 Å². The van der Waals surface area contributed by atoms with E-state index in [1.165, 1.54) is 12.1 Å². The number of nitrogens with zero attached hydrogens (tertiary/aromatic N) is 2. The molecule has 20 heavy (non-hydrogen) atoms. The van der Waals surface area contributed by atoms with Crippen LogP contribution in [-0.2, 0) is 6.18 Å². The molecule has 4 N–H and O–H groups in total. The van der Waals surface area contributed by atoms with E-state index in [-0.39, 0.29) is 0 Å². The summed E-state index contributed by atoms with van der Waals surface area (Å²) in [7, 11) is 0. The molecule has 0 bridgehead atoms. The van der Waals surface area contributed by atoms with Gasteiger partial charge in [0.05, 0.1) is 5.56 Å². The van der Waals surface area contributed by atoms with Gasteiger partial charge in [0.15, 0.2) is 0 Å². The van der Waals surface area contributed by atoms with Crippen molar-refractivity contribution >= 4 is 17.3 Å². The lowest BCUT2D eigenvalue weighted by Gasteiger charge is -2.10. The number of nitrogens with one attached hydrogen (secondary N) is 2. The number of alkyl halides is 3. The van der Waals surface area contributed by atoms with Crippen LogP contribution in [0.3, 0.4) is 0 Å². The first kappa shape index (κ1) is 14.1. The molecule has 0 fully saturated rings. The van der Waals surface area contributed by atoms with Crippen molar-refractivity contribution in [1.29, 1.82) is 0 Å². The van der Waals surface area contributed by atoms with Crippen LogP contribution < -0.4 is 16.6 Å². The van der Waals surface area contributed by atoms with Gasteiger partial charge in [0.25, 0.3) is 0 Å². The van der Waals surface area contributed by atoms with E-state index in [2.05, 4.69) is 20.7 Å². The first-order valence-corrected chi connectivity index (χ1v) is 5.65. The average molecular weight is 283 g/mol. The molecule has 0 unspecified atom stereocenters. The van der Waals surface area contributed by atoms with E-state index in [1.54, 1.807) is 13.0 Å². The lowest BCUT2D eigenvalue weighted by atomic mass is 10.2. The Balaban J connectivity index is 2.20. The van der Waals surface area contributed by atoms with Crippen LogP contribution in [0.1, 0.15) is 11.4 Å². The van der Waals surface area contributed by atoms with Crippen molar-refractivity contribution in [3.63, 3.8) is 0 Å². The topological polar surface area (TPSA) is 75.9 Å². The fourth-order valence-corrected chi connectivity index (χ4v) is 1.60. The summed E-state index contributed by atoms with van der Waals surface area (Å²) < 4.78 is 37.3. The minimum Gasteiger partial charge on any atom is -0.340 e. The van der Waals surface area contributed by atoms with Crippen LogP contribution in [0.15, 0.2) is 30.3 Å². The highest BCUT2D eigenvalue weighted by Crippen LogP contribution is 2.30. The van der Waals surface area contributed by atoms with Gasteiger partial charge in [0.2, 0.25) is 0 Å². The van der Waals surface area contributed by atoms with Crippen LogP contribution in [-0.4, -0.2) is 9.97 Å². The van der Waals surface area contributed by atoms with Gasteiger partial charge in [-0.05, 0) is 31.2 Å². The number of halogens is 3. The summed E-state index contributed by atoms with van der Waals surface area (Å²) in [6.45, 7) is 1.68. The van der Waals surface area contributed by atoms with E-state index in [0.29, 0.717) is 23.1 Å². The van der Waals surface area contributed by atoms with Crippen LogP contribution in [0.5, 0.6) is 0 Å². The molecule has 0 saturated heterocycles. The number of rotatable bonds is 3. The first-order chi connectivity index (χ1) is 9.38. The quantitative estimate of drug-likeness (QED) is 0.596. The summed E-state index contributed by atoms with van der Waals surface area (Å²) in [5, 5.41) is 2.88. The summed E-state index contributed by atoms with van der Waals surface area (Å²) in [4.78, 5) is 8.11. The van der Waals surface area contributed by atoms with Gasteiger partial charge in [0.1, 0.15) is 17.5 Å². The molecule has 8 heteroatoms. The van der Waals surface area contributed by atoms with Crippen molar-refractivity contribution < 1.29 is 13.2 Å². The molecule has 0 aliphatic carbocycles. The number of anilines is 3. The lowest BCUT2D eigenvalue weighted by molar-refractivity contribution is -0.137. The lowest BCUT2D eigenvalue weighted by Crippen LogP contribution is -2.10. The number of nitrogens with two attached hydrogens (primary N) is 1. The third kappa shape index (κ3) is 3.35. The number of hydrazine groups is 1. The van der Waals surface area contributed by atoms with E-state index in [1.807, 2.05) is 0 Å². The summed E-state index contributed by atoms with van der Waals surface area (Å²) >= 11 is 0. The van der Waals surface area contributed by atoms with Gasteiger partial charge in [0, 0.05) is 11.8 Å². The zero-order valence-corrected chi connectivity index (χ0v) is 10.5. The Kier molecular flexibility index (Phi) is 3.75. The third-order valence-electron chi connectivity index (χ3n) is 2.47. The van der Waals surface area contributed by atoms with E-state index >= 15 is 0 Å². The molecule has 0 spiro atoms.